The van der Waals surface area contributed by atoms with Gasteiger partial charge < -0.3 is 5.73 Å². The number of rotatable bonds is 1. The Labute approximate surface area is 91.7 Å². The van der Waals surface area contributed by atoms with Crippen LogP contribution in [-0.2, 0) is 0 Å². The Bertz CT molecular complexity index is 498. The minimum atomic E-state index is -0.678. The van der Waals surface area contributed by atoms with Crippen LogP contribution in [0.2, 0.25) is 0 Å². The molecule has 0 amide bonds. The number of nitrogens with two attached hydrogens (primary N) is 1. The zero-order chi connectivity index (χ0) is 11.7. The van der Waals surface area contributed by atoms with Gasteiger partial charge in [0.25, 0.3) is 0 Å². The predicted octanol–water partition coefficient (Wildman–Crippen LogP) is 2.92. The average Bonchev–Trinajstić information content (AvgIpc) is 2.19. The van der Waals surface area contributed by atoms with Gasteiger partial charge in [0.05, 0.1) is 5.56 Å². The second-order valence-electron chi connectivity index (χ2n) is 3.55. The Kier molecular flexibility index (Phi) is 2.56. The van der Waals surface area contributed by atoms with E-state index < -0.39 is 11.6 Å². The molecule has 0 aliphatic rings. The summed E-state index contributed by atoms with van der Waals surface area (Å²) in [6, 6.07) is 5.52. The molecule has 0 atom stereocenters. The Morgan fingerprint density at radius 2 is 1.75 bits per heavy atom. The average molecular weight is 220 g/mol. The van der Waals surface area contributed by atoms with E-state index >= 15 is 0 Å². The molecule has 0 aliphatic carbocycles. The summed E-state index contributed by atoms with van der Waals surface area (Å²) in [6.45, 7) is 1.81. The summed E-state index contributed by atoms with van der Waals surface area (Å²) in [7, 11) is 0. The van der Waals surface area contributed by atoms with E-state index in [1.165, 1.54) is 6.20 Å². The molecule has 1 aromatic carbocycles. The van der Waals surface area contributed by atoms with Crippen molar-refractivity contribution in [2.75, 3.05) is 5.73 Å². The molecule has 0 bridgehead atoms. The van der Waals surface area contributed by atoms with Crippen molar-refractivity contribution in [2.24, 2.45) is 0 Å². The summed E-state index contributed by atoms with van der Waals surface area (Å²) in [5, 5.41) is 0. The fraction of sp³-hybridized carbons (Fsp3) is 0.0833. The molecule has 0 saturated carbocycles. The molecule has 0 saturated heterocycles. The topological polar surface area (TPSA) is 38.9 Å². The highest BCUT2D eigenvalue weighted by atomic mass is 19.1. The number of pyridine rings is 1. The molecule has 4 heteroatoms. The van der Waals surface area contributed by atoms with Crippen molar-refractivity contribution in [2.45, 2.75) is 6.92 Å². The molecule has 0 spiro atoms. The number of hydrogen-bond acceptors (Lipinski definition) is 2. The molecule has 16 heavy (non-hydrogen) atoms. The number of aromatic nitrogens is 1. The lowest BCUT2D eigenvalue weighted by atomic mass is 10.1. The number of aryl methyl sites for hydroxylation is 1. The fourth-order valence-corrected chi connectivity index (χ4v) is 1.48. The summed E-state index contributed by atoms with van der Waals surface area (Å²) >= 11 is 0. The van der Waals surface area contributed by atoms with Crippen molar-refractivity contribution in [1.29, 1.82) is 0 Å². The molecule has 2 rings (SSSR count). The van der Waals surface area contributed by atoms with Crippen molar-refractivity contribution < 1.29 is 8.78 Å². The van der Waals surface area contributed by atoms with Gasteiger partial charge in [0.15, 0.2) is 0 Å². The van der Waals surface area contributed by atoms with Gasteiger partial charge in [-0.3, -0.25) is 4.98 Å². The lowest BCUT2D eigenvalue weighted by Gasteiger charge is -2.06. The second kappa shape index (κ2) is 3.89. The molecule has 2 nitrogen and oxygen atoms in total. The van der Waals surface area contributed by atoms with E-state index in [-0.39, 0.29) is 11.3 Å². The van der Waals surface area contributed by atoms with E-state index in [1.807, 2.05) is 0 Å². The number of anilines is 1. The highest BCUT2D eigenvalue weighted by Crippen LogP contribution is 2.27. The van der Waals surface area contributed by atoms with Crippen molar-refractivity contribution in [3.05, 3.63) is 47.8 Å². The first-order chi connectivity index (χ1) is 7.58. The molecular weight excluding hydrogens is 210 g/mol. The summed E-state index contributed by atoms with van der Waals surface area (Å²) in [4.78, 5) is 4.00. The summed E-state index contributed by atoms with van der Waals surface area (Å²) < 4.78 is 27.1. The van der Waals surface area contributed by atoms with Gasteiger partial charge in [0.1, 0.15) is 11.6 Å². The lowest BCUT2D eigenvalue weighted by molar-refractivity contribution is 0.590. The van der Waals surface area contributed by atoms with Crippen LogP contribution in [0.4, 0.5) is 14.5 Å². The van der Waals surface area contributed by atoms with Gasteiger partial charge in [-0.1, -0.05) is 6.07 Å². The number of benzene rings is 1. The Balaban J connectivity index is 2.60. The van der Waals surface area contributed by atoms with Gasteiger partial charge >= 0.3 is 0 Å². The van der Waals surface area contributed by atoms with Gasteiger partial charge in [-0.05, 0) is 25.1 Å². The molecule has 0 fully saturated rings. The van der Waals surface area contributed by atoms with Crippen LogP contribution >= 0.6 is 0 Å². The molecule has 0 aliphatic heterocycles. The fourth-order valence-electron chi connectivity index (χ4n) is 1.48. The quantitative estimate of drug-likeness (QED) is 0.750. The highest BCUT2D eigenvalue weighted by Gasteiger charge is 2.12. The van der Waals surface area contributed by atoms with E-state index in [4.69, 9.17) is 5.73 Å². The summed E-state index contributed by atoms with van der Waals surface area (Å²) in [5.41, 5.74) is 6.50. The van der Waals surface area contributed by atoms with Gasteiger partial charge in [0, 0.05) is 23.1 Å². The third-order valence-electron chi connectivity index (χ3n) is 2.26. The Hall–Kier alpha value is -1.97. The first kappa shape index (κ1) is 10.5. The van der Waals surface area contributed by atoms with E-state index in [0.717, 1.165) is 17.8 Å². The Morgan fingerprint density at radius 3 is 2.25 bits per heavy atom. The third kappa shape index (κ3) is 1.86. The normalized spacial score (nSPS) is 10.4. The van der Waals surface area contributed by atoms with Gasteiger partial charge in [-0.15, -0.1) is 0 Å². The van der Waals surface area contributed by atoms with Crippen LogP contribution in [0, 0.1) is 18.6 Å². The minimum absolute atomic E-state index is 0.0684. The van der Waals surface area contributed by atoms with Crippen LogP contribution in [-0.4, -0.2) is 4.98 Å². The molecule has 2 N–H and O–H groups in total. The molecule has 1 heterocycles. The van der Waals surface area contributed by atoms with Crippen LogP contribution in [0.15, 0.2) is 30.5 Å². The third-order valence-corrected chi connectivity index (χ3v) is 2.26. The zero-order valence-electron chi connectivity index (χ0n) is 8.67. The molecule has 0 radical (unpaired) electrons. The van der Waals surface area contributed by atoms with E-state index in [0.29, 0.717) is 5.56 Å². The first-order valence-electron chi connectivity index (χ1n) is 4.75. The maximum Gasteiger partial charge on any atom is 0.136 e. The number of nitrogen functional groups attached to an aromatic ring is 1. The first-order valence-corrected chi connectivity index (χ1v) is 4.75. The lowest BCUT2D eigenvalue weighted by Crippen LogP contribution is -1.95. The maximum atomic E-state index is 13.5. The van der Waals surface area contributed by atoms with Gasteiger partial charge in [-0.25, -0.2) is 8.78 Å². The van der Waals surface area contributed by atoms with Crippen LogP contribution in [0.5, 0.6) is 0 Å². The standard InChI is InChI=1S/C12H10F2N2/c1-7-2-3-8(6-16-7)12-10(13)4-9(15)5-11(12)14/h2-6H,15H2,1H3. The number of halogens is 2. The van der Waals surface area contributed by atoms with Gasteiger partial charge in [0.2, 0.25) is 0 Å². The maximum absolute atomic E-state index is 13.5. The second-order valence-corrected chi connectivity index (χ2v) is 3.55. The number of hydrogen-bond donors (Lipinski definition) is 1. The summed E-state index contributed by atoms with van der Waals surface area (Å²) in [6.07, 6.45) is 1.44. The summed E-state index contributed by atoms with van der Waals surface area (Å²) in [5.74, 6) is -1.36. The molecular formula is C12H10F2N2. The van der Waals surface area contributed by atoms with Crippen molar-refractivity contribution in [3.63, 3.8) is 0 Å². The zero-order valence-corrected chi connectivity index (χ0v) is 8.67. The number of nitrogens with zero attached hydrogens (tertiary/aromatic N) is 1. The van der Waals surface area contributed by atoms with E-state index in [9.17, 15) is 8.78 Å². The highest BCUT2D eigenvalue weighted by molar-refractivity contribution is 5.66. The van der Waals surface area contributed by atoms with Crippen LogP contribution in [0.25, 0.3) is 11.1 Å². The predicted molar refractivity (Wildman–Crippen MR) is 58.7 cm³/mol. The van der Waals surface area contributed by atoms with Crippen molar-refractivity contribution in [1.82, 2.24) is 4.98 Å². The SMILES string of the molecule is Cc1ccc(-c2c(F)cc(N)cc2F)cn1. The molecule has 0 unspecified atom stereocenters. The Morgan fingerprint density at radius 1 is 1.12 bits per heavy atom. The van der Waals surface area contributed by atoms with Crippen molar-refractivity contribution in [3.8, 4) is 11.1 Å². The smallest absolute Gasteiger partial charge is 0.136 e. The molecule has 2 aromatic rings. The minimum Gasteiger partial charge on any atom is -0.399 e. The van der Waals surface area contributed by atoms with E-state index in [2.05, 4.69) is 4.98 Å². The molecule has 1 aromatic heterocycles. The molecule has 82 valence electrons. The van der Waals surface area contributed by atoms with Crippen molar-refractivity contribution >= 4 is 5.69 Å². The van der Waals surface area contributed by atoms with Crippen LogP contribution < -0.4 is 5.73 Å². The van der Waals surface area contributed by atoms with Crippen LogP contribution in [0.1, 0.15) is 5.69 Å². The largest absolute Gasteiger partial charge is 0.399 e. The van der Waals surface area contributed by atoms with Crippen LogP contribution in [0.3, 0.4) is 0 Å². The monoisotopic (exact) mass is 220 g/mol. The van der Waals surface area contributed by atoms with E-state index in [1.54, 1.807) is 19.1 Å². The van der Waals surface area contributed by atoms with Gasteiger partial charge in [-0.2, -0.15) is 0 Å².